The van der Waals surface area contributed by atoms with Crippen LogP contribution in [0, 0.1) is 0 Å². The average molecular weight is 836 g/mol. The molecular weight excluding hydrogens is 750 g/mol. The summed E-state index contributed by atoms with van der Waals surface area (Å²) in [5.41, 5.74) is 0. The lowest BCUT2D eigenvalue weighted by Crippen LogP contribution is -2.65. The third-order valence-corrected chi connectivity index (χ3v) is 11.8. The van der Waals surface area contributed by atoms with Gasteiger partial charge in [-0.1, -0.05) is 162 Å². The summed E-state index contributed by atoms with van der Waals surface area (Å²) in [4.78, 5) is 13.1. The highest BCUT2D eigenvalue weighted by Crippen LogP contribution is 2.30. The van der Waals surface area contributed by atoms with Crippen molar-refractivity contribution in [2.24, 2.45) is 0 Å². The van der Waals surface area contributed by atoms with E-state index >= 15 is 0 Å². The first-order valence-corrected chi connectivity index (χ1v) is 23.3. The Morgan fingerprint density at radius 1 is 0.552 bits per heavy atom. The molecule has 12 atom stereocenters. The van der Waals surface area contributed by atoms with Crippen LogP contribution in [0.15, 0.2) is 0 Å². The zero-order valence-corrected chi connectivity index (χ0v) is 36.1. The second-order valence-corrected chi connectivity index (χ2v) is 16.9. The molecule has 2 fully saturated rings. The molecule has 14 nitrogen and oxygen atoms in total. The summed E-state index contributed by atoms with van der Waals surface area (Å²) in [6.07, 6.45) is 12.8. The maximum Gasteiger partial charge on any atom is 0.220 e. The normalized spacial score (nSPS) is 28.7. The minimum atomic E-state index is -1.78. The number of aliphatic hydroxyl groups excluding tert-OH is 8. The molecule has 0 aromatic heterocycles. The molecule has 0 spiro atoms. The molecule has 0 saturated carbocycles. The van der Waals surface area contributed by atoms with Crippen LogP contribution in [0.4, 0.5) is 0 Å². The Kier molecular flexibility index (Phi) is 29.9. The first-order valence-electron chi connectivity index (χ1n) is 23.3. The molecule has 14 heteroatoms. The maximum absolute atomic E-state index is 13.1. The van der Waals surface area contributed by atoms with E-state index in [1.807, 2.05) is 0 Å². The van der Waals surface area contributed by atoms with Gasteiger partial charge in [0.25, 0.3) is 0 Å². The van der Waals surface area contributed by atoms with E-state index in [9.17, 15) is 45.6 Å². The van der Waals surface area contributed by atoms with Crippen LogP contribution < -0.4 is 5.32 Å². The SMILES string of the molecule is CCCCCCCCCCCCCCCCCCCC(=O)NC(COC1OC(CO)C(OC2OC(CO)C(O)C(O)C2O)C(O)C1O)C(O)CCCCCCCCC. The van der Waals surface area contributed by atoms with Crippen molar-refractivity contribution < 1.29 is 64.6 Å². The van der Waals surface area contributed by atoms with Gasteiger partial charge in [-0.2, -0.15) is 0 Å². The molecule has 0 aromatic carbocycles. The van der Waals surface area contributed by atoms with Gasteiger partial charge in [0.1, 0.15) is 48.8 Å². The molecule has 344 valence electrons. The zero-order valence-electron chi connectivity index (χ0n) is 36.1. The molecule has 2 aliphatic rings. The van der Waals surface area contributed by atoms with E-state index < -0.39 is 86.8 Å². The van der Waals surface area contributed by atoms with Crippen molar-refractivity contribution in [3.05, 3.63) is 0 Å². The van der Waals surface area contributed by atoms with E-state index in [-0.39, 0.29) is 12.5 Å². The summed E-state index contributed by atoms with van der Waals surface area (Å²) >= 11 is 0. The minimum absolute atomic E-state index is 0.209. The molecule has 9 N–H and O–H groups in total. The molecule has 12 unspecified atom stereocenters. The topological polar surface area (TPSA) is 228 Å². The fourth-order valence-corrected chi connectivity index (χ4v) is 7.94. The van der Waals surface area contributed by atoms with E-state index in [4.69, 9.17) is 18.9 Å². The quantitative estimate of drug-likeness (QED) is 0.0397. The Morgan fingerprint density at radius 3 is 1.47 bits per heavy atom. The first kappa shape index (κ1) is 53.1. The monoisotopic (exact) mass is 836 g/mol. The molecule has 2 rings (SSSR count). The number of carbonyl (C=O) groups excluding carboxylic acids is 1. The molecule has 2 heterocycles. The number of hydrogen-bond acceptors (Lipinski definition) is 13. The Bertz CT molecular complexity index is 993. The van der Waals surface area contributed by atoms with Gasteiger partial charge in [-0.05, 0) is 12.8 Å². The van der Waals surface area contributed by atoms with Gasteiger partial charge in [-0.3, -0.25) is 4.79 Å². The van der Waals surface area contributed by atoms with Crippen molar-refractivity contribution in [1.82, 2.24) is 5.32 Å². The number of rotatable bonds is 35. The van der Waals surface area contributed by atoms with Crippen LogP contribution in [0.5, 0.6) is 0 Å². The summed E-state index contributed by atoms with van der Waals surface area (Å²) in [5, 5.41) is 86.4. The molecule has 58 heavy (non-hydrogen) atoms. The second-order valence-electron chi connectivity index (χ2n) is 16.9. The third-order valence-electron chi connectivity index (χ3n) is 11.8. The predicted octanol–water partition coefficient (Wildman–Crippen LogP) is 4.66. The third kappa shape index (κ3) is 20.7. The second kappa shape index (κ2) is 32.7. The van der Waals surface area contributed by atoms with Gasteiger partial charge >= 0.3 is 0 Å². The number of ether oxygens (including phenoxy) is 4. The van der Waals surface area contributed by atoms with Gasteiger partial charge in [-0.25, -0.2) is 0 Å². The lowest BCUT2D eigenvalue weighted by Gasteiger charge is -2.46. The summed E-state index contributed by atoms with van der Waals surface area (Å²) in [6, 6.07) is -0.818. The number of carbonyl (C=O) groups is 1. The van der Waals surface area contributed by atoms with Crippen molar-refractivity contribution in [2.75, 3.05) is 19.8 Å². The Hall–Kier alpha value is -1.01. The summed E-state index contributed by atoms with van der Waals surface area (Å²) in [5.74, 6) is -0.209. The van der Waals surface area contributed by atoms with Gasteiger partial charge in [0.15, 0.2) is 12.6 Å². The van der Waals surface area contributed by atoms with Crippen LogP contribution in [0.1, 0.15) is 181 Å². The van der Waals surface area contributed by atoms with Gasteiger partial charge in [-0.15, -0.1) is 0 Å². The summed E-state index contributed by atoms with van der Waals surface area (Å²) < 4.78 is 22.6. The molecule has 0 bridgehead atoms. The summed E-state index contributed by atoms with van der Waals surface area (Å²) in [6.45, 7) is 2.79. The molecule has 0 aromatic rings. The van der Waals surface area contributed by atoms with E-state index in [0.717, 1.165) is 51.4 Å². The molecule has 2 aliphatic heterocycles. The van der Waals surface area contributed by atoms with Crippen LogP contribution in [0.3, 0.4) is 0 Å². The number of nitrogens with one attached hydrogen (secondary N) is 1. The van der Waals surface area contributed by atoms with E-state index in [1.54, 1.807) is 0 Å². The van der Waals surface area contributed by atoms with Crippen LogP contribution in [0.2, 0.25) is 0 Å². The van der Waals surface area contributed by atoms with Gasteiger partial charge < -0.3 is 65.1 Å². The first-order chi connectivity index (χ1) is 28.1. The van der Waals surface area contributed by atoms with Gasteiger partial charge in [0, 0.05) is 6.42 Å². The smallest absolute Gasteiger partial charge is 0.220 e. The Balaban J connectivity index is 1.80. The number of aliphatic hydroxyl groups is 8. The van der Waals surface area contributed by atoms with Crippen LogP contribution in [-0.2, 0) is 23.7 Å². The predicted molar refractivity (Wildman–Crippen MR) is 222 cm³/mol. The highest BCUT2D eigenvalue weighted by molar-refractivity contribution is 5.76. The Morgan fingerprint density at radius 2 is 0.983 bits per heavy atom. The maximum atomic E-state index is 13.1. The average Bonchev–Trinajstić information content (AvgIpc) is 3.22. The van der Waals surface area contributed by atoms with Crippen LogP contribution >= 0.6 is 0 Å². The molecule has 0 radical (unpaired) electrons. The van der Waals surface area contributed by atoms with E-state index in [1.165, 1.54) is 103 Å². The zero-order chi connectivity index (χ0) is 42.5. The summed E-state index contributed by atoms with van der Waals surface area (Å²) in [7, 11) is 0. The van der Waals surface area contributed by atoms with Crippen molar-refractivity contribution >= 4 is 5.91 Å². The largest absolute Gasteiger partial charge is 0.394 e. The van der Waals surface area contributed by atoms with Crippen molar-refractivity contribution in [1.29, 1.82) is 0 Å². The minimum Gasteiger partial charge on any atom is -0.394 e. The van der Waals surface area contributed by atoms with E-state index in [0.29, 0.717) is 12.8 Å². The number of unbranched alkanes of at least 4 members (excludes halogenated alkanes) is 22. The molecule has 2 saturated heterocycles. The van der Waals surface area contributed by atoms with Crippen LogP contribution in [-0.4, -0.2) is 140 Å². The molecular formula is C44H85NO13. The number of hydrogen-bond donors (Lipinski definition) is 9. The number of amides is 1. The standard InChI is InChI=1S/C44H85NO13/c1-3-5-7-9-11-12-13-14-15-16-17-18-19-20-22-24-26-28-36(49)45-32(33(48)27-25-23-21-10-8-6-4-2)31-55-43-41(54)39(52)42(35(30-47)57-43)58-44-40(53)38(51)37(50)34(29-46)56-44/h32-35,37-44,46-48,50-54H,3-31H2,1-2H3,(H,45,49). The lowest BCUT2D eigenvalue weighted by atomic mass is 9.97. The fourth-order valence-electron chi connectivity index (χ4n) is 7.94. The highest BCUT2D eigenvalue weighted by atomic mass is 16.7. The molecule has 1 amide bonds. The fraction of sp³-hybridized carbons (Fsp3) is 0.977. The van der Waals surface area contributed by atoms with Gasteiger partial charge in [0.2, 0.25) is 5.91 Å². The highest BCUT2D eigenvalue weighted by Gasteiger charge is 2.51. The van der Waals surface area contributed by atoms with Gasteiger partial charge in [0.05, 0.1) is 32.0 Å². The molecule has 0 aliphatic carbocycles. The van der Waals surface area contributed by atoms with Crippen LogP contribution in [0.25, 0.3) is 0 Å². The van der Waals surface area contributed by atoms with Crippen molar-refractivity contribution in [3.8, 4) is 0 Å². The Labute approximate surface area is 349 Å². The van der Waals surface area contributed by atoms with Crippen molar-refractivity contribution in [3.63, 3.8) is 0 Å². The van der Waals surface area contributed by atoms with E-state index in [2.05, 4.69) is 19.2 Å². The lowest BCUT2D eigenvalue weighted by molar-refractivity contribution is -0.359. The van der Waals surface area contributed by atoms with Crippen molar-refractivity contribution in [2.45, 2.75) is 254 Å².